The molecule has 1 fully saturated rings. The molecule has 1 heterocycles. The van der Waals surface area contributed by atoms with E-state index in [4.69, 9.17) is 4.74 Å². The van der Waals surface area contributed by atoms with Crippen LogP contribution in [0.4, 0.5) is 10.5 Å². The fourth-order valence-corrected chi connectivity index (χ4v) is 2.65. The number of nitrogens with zero attached hydrogens (tertiary/aromatic N) is 3. The number of para-hydroxylation sites is 2. The molecule has 0 atom stereocenters. The van der Waals surface area contributed by atoms with Gasteiger partial charge in [-0.25, -0.2) is 4.79 Å². The molecule has 116 valence electrons. The second-order valence-corrected chi connectivity index (χ2v) is 5.63. The Kier molecular flexibility index (Phi) is 5.07. The zero-order chi connectivity index (χ0) is 15.4. The Labute approximate surface area is 127 Å². The van der Waals surface area contributed by atoms with Crippen LogP contribution in [-0.2, 0) is 0 Å². The summed E-state index contributed by atoms with van der Waals surface area (Å²) >= 11 is 0. The van der Waals surface area contributed by atoms with E-state index in [1.807, 2.05) is 29.2 Å². The summed E-state index contributed by atoms with van der Waals surface area (Å²) in [7, 11) is 3.42. The van der Waals surface area contributed by atoms with Gasteiger partial charge in [0, 0.05) is 39.3 Å². The third-order valence-corrected chi connectivity index (χ3v) is 4.05. The van der Waals surface area contributed by atoms with Gasteiger partial charge in [0.2, 0.25) is 0 Å². The van der Waals surface area contributed by atoms with Crippen LogP contribution in [0.25, 0.3) is 0 Å². The van der Waals surface area contributed by atoms with Crippen molar-refractivity contribution in [3.63, 3.8) is 0 Å². The highest BCUT2D eigenvalue weighted by Crippen LogP contribution is 2.27. The highest BCUT2D eigenvalue weighted by atomic mass is 16.5. The van der Waals surface area contributed by atoms with Gasteiger partial charge < -0.3 is 9.64 Å². The van der Waals surface area contributed by atoms with Gasteiger partial charge in [0.15, 0.2) is 0 Å². The number of piperazine rings is 1. The molecular formula is C16H25N3O2. The molecule has 0 unspecified atom stereocenters. The molecule has 5 heteroatoms. The monoisotopic (exact) mass is 291 g/mol. The summed E-state index contributed by atoms with van der Waals surface area (Å²) in [5, 5.41) is 0. The van der Waals surface area contributed by atoms with E-state index in [1.54, 1.807) is 19.1 Å². The van der Waals surface area contributed by atoms with Crippen LogP contribution in [0.2, 0.25) is 0 Å². The number of anilines is 1. The van der Waals surface area contributed by atoms with Gasteiger partial charge in [-0.1, -0.05) is 12.1 Å². The normalized spacial score (nSPS) is 16.1. The maximum atomic E-state index is 12.6. The summed E-state index contributed by atoms with van der Waals surface area (Å²) in [5.41, 5.74) is 0.802. The number of ether oxygens (including phenoxy) is 1. The quantitative estimate of drug-likeness (QED) is 0.857. The summed E-state index contributed by atoms with van der Waals surface area (Å²) in [4.78, 5) is 18.6. The van der Waals surface area contributed by atoms with Crippen LogP contribution in [0.1, 0.15) is 13.8 Å². The van der Waals surface area contributed by atoms with Crippen LogP contribution in [0.5, 0.6) is 5.75 Å². The number of hydrogen-bond acceptors (Lipinski definition) is 3. The van der Waals surface area contributed by atoms with Crippen LogP contribution in [0.15, 0.2) is 24.3 Å². The van der Waals surface area contributed by atoms with E-state index >= 15 is 0 Å². The van der Waals surface area contributed by atoms with Crippen molar-refractivity contribution in [2.45, 2.75) is 19.9 Å². The molecule has 0 aliphatic carbocycles. The van der Waals surface area contributed by atoms with Crippen molar-refractivity contribution < 1.29 is 9.53 Å². The Morgan fingerprint density at radius 3 is 2.38 bits per heavy atom. The number of carbonyl (C=O) groups excluding carboxylic acids is 1. The minimum absolute atomic E-state index is 0.0305. The number of benzene rings is 1. The first-order valence-electron chi connectivity index (χ1n) is 7.44. The van der Waals surface area contributed by atoms with Gasteiger partial charge in [-0.3, -0.25) is 9.80 Å². The molecule has 21 heavy (non-hydrogen) atoms. The molecule has 0 spiro atoms. The summed E-state index contributed by atoms with van der Waals surface area (Å²) in [6, 6.07) is 8.16. The molecule has 1 aliphatic heterocycles. The van der Waals surface area contributed by atoms with E-state index in [-0.39, 0.29) is 6.03 Å². The van der Waals surface area contributed by atoms with Crippen molar-refractivity contribution in [3.8, 4) is 5.75 Å². The van der Waals surface area contributed by atoms with Crippen LogP contribution in [-0.4, -0.2) is 62.2 Å². The molecule has 1 aromatic carbocycles. The van der Waals surface area contributed by atoms with E-state index < -0.39 is 0 Å². The van der Waals surface area contributed by atoms with Crippen molar-refractivity contribution in [1.29, 1.82) is 0 Å². The van der Waals surface area contributed by atoms with E-state index in [1.165, 1.54) is 0 Å². The Hall–Kier alpha value is -1.75. The second kappa shape index (κ2) is 6.80. The second-order valence-electron chi connectivity index (χ2n) is 5.63. The molecule has 5 nitrogen and oxygen atoms in total. The minimum atomic E-state index is 0.0305. The average molecular weight is 291 g/mol. The lowest BCUT2D eigenvalue weighted by molar-refractivity contribution is 0.123. The Bertz CT molecular complexity index is 482. The standard InChI is InChI=1S/C16H25N3O2/c1-13(2)18-9-11-19(12-10-18)16(20)17(3)14-7-5-6-8-15(14)21-4/h5-8,13H,9-12H2,1-4H3. The lowest BCUT2D eigenvalue weighted by Gasteiger charge is -2.38. The predicted octanol–water partition coefficient (Wildman–Crippen LogP) is 2.28. The first-order valence-corrected chi connectivity index (χ1v) is 7.44. The third kappa shape index (κ3) is 3.47. The molecule has 0 saturated carbocycles. The van der Waals surface area contributed by atoms with E-state index in [9.17, 15) is 4.79 Å². The topological polar surface area (TPSA) is 36.0 Å². The van der Waals surface area contributed by atoms with Crippen molar-refractivity contribution in [2.24, 2.45) is 0 Å². The maximum absolute atomic E-state index is 12.6. The molecule has 0 aromatic heterocycles. The van der Waals surface area contributed by atoms with Crippen molar-refractivity contribution in [2.75, 3.05) is 45.2 Å². The van der Waals surface area contributed by atoms with E-state index in [2.05, 4.69) is 18.7 Å². The zero-order valence-corrected chi connectivity index (χ0v) is 13.4. The molecule has 2 amide bonds. The Morgan fingerprint density at radius 1 is 1.19 bits per heavy atom. The number of carbonyl (C=O) groups is 1. The molecule has 1 saturated heterocycles. The zero-order valence-electron chi connectivity index (χ0n) is 13.4. The van der Waals surface area contributed by atoms with Crippen molar-refractivity contribution in [1.82, 2.24) is 9.80 Å². The summed E-state index contributed by atoms with van der Waals surface area (Å²) in [6.45, 7) is 7.80. The summed E-state index contributed by atoms with van der Waals surface area (Å²) in [6.07, 6.45) is 0. The number of rotatable bonds is 3. The fourth-order valence-electron chi connectivity index (χ4n) is 2.65. The minimum Gasteiger partial charge on any atom is -0.495 e. The lowest BCUT2D eigenvalue weighted by Crippen LogP contribution is -2.53. The number of hydrogen-bond donors (Lipinski definition) is 0. The van der Waals surface area contributed by atoms with Crippen LogP contribution < -0.4 is 9.64 Å². The van der Waals surface area contributed by atoms with E-state index in [0.29, 0.717) is 11.8 Å². The largest absolute Gasteiger partial charge is 0.495 e. The summed E-state index contributed by atoms with van der Waals surface area (Å²) in [5.74, 6) is 0.717. The summed E-state index contributed by atoms with van der Waals surface area (Å²) < 4.78 is 5.33. The molecule has 2 rings (SSSR count). The maximum Gasteiger partial charge on any atom is 0.324 e. The molecule has 1 aromatic rings. The molecule has 1 aliphatic rings. The van der Waals surface area contributed by atoms with Crippen LogP contribution >= 0.6 is 0 Å². The van der Waals surface area contributed by atoms with Gasteiger partial charge in [0.25, 0.3) is 0 Å². The lowest BCUT2D eigenvalue weighted by atomic mass is 10.2. The first-order chi connectivity index (χ1) is 10.0. The third-order valence-electron chi connectivity index (χ3n) is 4.05. The molecule has 0 bridgehead atoms. The number of amides is 2. The predicted molar refractivity (Wildman–Crippen MR) is 85.1 cm³/mol. The molecular weight excluding hydrogens is 266 g/mol. The highest BCUT2D eigenvalue weighted by molar-refractivity contribution is 5.93. The fraction of sp³-hybridized carbons (Fsp3) is 0.562. The van der Waals surface area contributed by atoms with Gasteiger partial charge in [0.05, 0.1) is 12.8 Å². The SMILES string of the molecule is COc1ccccc1N(C)C(=O)N1CCN(C(C)C)CC1. The van der Waals surface area contributed by atoms with Gasteiger partial charge in [-0.05, 0) is 26.0 Å². The van der Waals surface area contributed by atoms with Crippen molar-refractivity contribution >= 4 is 11.7 Å². The van der Waals surface area contributed by atoms with E-state index in [0.717, 1.165) is 31.9 Å². The first kappa shape index (κ1) is 15.6. The number of urea groups is 1. The van der Waals surface area contributed by atoms with Crippen LogP contribution in [0, 0.1) is 0 Å². The Morgan fingerprint density at radius 2 is 1.81 bits per heavy atom. The Balaban J connectivity index is 2.03. The highest BCUT2D eigenvalue weighted by Gasteiger charge is 2.26. The smallest absolute Gasteiger partial charge is 0.324 e. The van der Waals surface area contributed by atoms with Gasteiger partial charge in [-0.2, -0.15) is 0 Å². The van der Waals surface area contributed by atoms with Gasteiger partial charge in [0.1, 0.15) is 5.75 Å². The van der Waals surface area contributed by atoms with Gasteiger partial charge >= 0.3 is 6.03 Å². The number of methoxy groups -OCH3 is 1. The molecule has 0 N–H and O–H groups in total. The van der Waals surface area contributed by atoms with Crippen molar-refractivity contribution in [3.05, 3.63) is 24.3 Å². The average Bonchev–Trinajstić information content (AvgIpc) is 2.53. The molecule has 0 radical (unpaired) electrons. The van der Waals surface area contributed by atoms with Crippen LogP contribution in [0.3, 0.4) is 0 Å². The van der Waals surface area contributed by atoms with Gasteiger partial charge in [-0.15, -0.1) is 0 Å².